The Hall–Kier alpha value is -0.280. The molecule has 0 radical (unpaired) electrons. The van der Waals surface area contributed by atoms with Crippen LogP contribution in [0, 0.1) is 22.2 Å². The molecular weight excluding hydrogens is 506 g/mol. The molecule has 0 aromatic rings. The molecular formula is C34H65N7. The first-order chi connectivity index (χ1) is 19.4. The highest BCUT2D eigenvalue weighted by molar-refractivity contribution is 5.13. The van der Waals surface area contributed by atoms with E-state index < -0.39 is 0 Å². The Labute approximate surface area is 252 Å². The molecule has 6 heterocycles. The summed E-state index contributed by atoms with van der Waals surface area (Å²) in [7, 11) is 0. The van der Waals surface area contributed by atoms with E-state index >= 15 is 0 Å². The molecule has 6 aliphatic heterocycles. The first-order valence-corrected chi connectivity index (χ1v) is 17.5. The molecule has 0 aliphatic carbocycles. The second-order valence-electron chi connectivity index (χ2n) is 17.3. The van der Waals surface area contributed by atoms with Crippen LogP contribution in [0.4, 0.5) is 0 Å². The Balaban J connectivity index is 1.24. The lowest BCUT2D eigenvalue weighted by Gasteiger charge is -2.63. The SMILES string of the molecule is CC(C)(CCC(C)(N1CCC2(CC1)CNC2)C(C)(CCC(C)(C)N1CC2(CCNC2)C1)N1CCNCC1)C1CNC1. The van der Waals surface area contributed by atoms with Gasteiger partial charge in [0, 0.05) is 80.9 Å². The van der Waals surface area contributed by atoms with Gasteiger partial charge in [0.15, 0.2) is 0 Å². The summed E-state index contributed by atoms with van der Waals surface area (Å²) in [5, 5.41) is 14.5. The molecule has 6 saturated heterocycles. The number of hydrogen-bond acceptors (Lipinski definition) is 7. The monoisotopic (exact) mass is 572 g/mol. The lowest BCUT2D eigenvalue weighted by atomic mass is 9.63. The normalized spacial score (nSPS) is 30.9. The standard InChI is InChI=1S/C34H65N7/c1-29(2,28-21-37-22-28)7-9-31(5,39-17-12-33(13-18-39)23-38-24-33)32(6,40-19-15-35-16-20-40)10-8-30(3,4)41-26-34(27-41)11-14-36-25-34/h28,35-38H,7-27H2,1-6H3. The third kappa shape index (κ3) is 5.68. The quantitative estimate of drug-likeness (QED) is 0.304. The van der Waals surface area contributed by atoms with Gasteiger partial charge in [-0.2, -0.15) is 0 Å². The molecule has 7 heteroatoms. The van der Waals surface area contributed by atoms with Crippen LogP contribution in [0.1, 0.15) is 86.5 Å². The summed E-state index contributed by atoms with van der Waals surface area (Å²) in [6.45, 7) is 32.8. The van der Waals surface area contributed by atoms with E-state index in [1.54, 1.807) is 0 Å². The van der Waals surface area contributed by atoms with Gasteiger partial charge in [-0.15, -0.1) is 0 Å². The van der Waals surface area contributed by atoms with Crippen LogP contribution in [0.3, 0.4) is 0 Å². The Morgan fingerprint density at radius 3 is 1.66 bits per heavy atom. The van der Waals surface area contributed by atoms with Crippen LogP contribution < -0.4 is 21.3 Å². The fraction of sp³-hybridized carbons (Fsp3) is 1.00. The largest absolute Gasteiger partial charge is 0.316 e. The zero-order valence-corrected chi connectivity index (χ0v) is 27.8. The molecule has 0 saturated carbocycles. The molecule has 0 aromatic carbocycles. The van der Waals surface area contributed by atoms with Gasteiger partial charge in [0.2, 0.25) is 0 Å². The van der Waals surface area contributed by atoms with E-state index in [0.29, 0.717) is 16.2 Å². The summed E-state index contributed by atoms with van der Waals surface area (Å²) in [6, 6.07) is 0. The summed E-state index contributed by atoms with van der Waals surface area (Å²) >= 11 is 0. The van der Waals surface area contributed by atoms with Crippen molar-refractivity contribution in [1.29, 1.82) is 0 Å². The second-order valence-corrected chi connectivity index (χ2v) is 17.3. The summed E-state index contributed by atoms with van der Waals surface area (Å²) < 4.78 is 0. The Bertz CT molecular complexity index is 881. The Morgan fingerprint density at radius 1 is 0.561 bits per heavy atom. The van der Waals surface area contributed by atoms with E-state index in [1.165, 1.54) is 123 Å². The van der Waals surface area contributed by atoms with E-state index in [2.05, 4.69) is 77.5 Å². The van der Waals surface area contributed by atoms with Crippen molar-refractivity contribution in [1.82, 2.24) is 36.0 Å². The highest BCUT2D eigenvalue weighted by Crippen LogP contribution is 2.49. The average Bonchev–Trinajstić information content (AvgIpc) is 3.39. The van der Waals surface area contributed by atoms with Crippen molar-refractivity contribution in [2.24, 2.45) is 22.2 Å². The van der Waals surface area contributed by atoms with E-state index in [1.807, 2.05) is 0 Å². The smallest absolute Gasteiger partial charge is 0.0364 e. The second kappa shape index (κ2) is 11.3. The molecule has 236 valence electrons. The molecule has 6 rings (SSSR count). The van der Waals surface area contributed by atoms with Crippen LogP contribution in [-0.2, 0) is 0 Å². The van der Waals surface area contributed by atoms with Gasteiger partial charge in [-0.1, -0.05) is 13.8 Å². The summed E-state index contributed by atoms with van der Waals surface area (Å²) in [6.07, 6.45) is 9.31. The molecule has 2 atom stereocenters. The van der Waals surface area contributed by atoms with E-state index in [-0.39, 0.29) is 16.6 Å². The third-order valence-corrected chi connectivity index (χ3v) is 14.1. The number of likely N-dealkylation sites (tertiary alicyclic amines) is 2. The molecule has 6 fully saturated rings. The topological polar surface area (TPSA) is 57.8 Å². The fourth-order valence-electron chi connectivity index (χ4n) is 9.58. The van der Waals surface area contributed by atoms with Crippen LogP contribution in [0.2, 0.25) is 0 Å². The van der Waals surface area contributed by atoms with Gasteiger partial charge in [0.1, 0.15) is 0 Å². The molecule has 0 bridgehead atoms. The number of hydrogen-bond donors (Lipinski definition) is 4. The minimum atomic E-state index is 0.153. The average molecular weight is 572 g/mol. The number of piperazine rings is 1. The van der Waals surface area contributed by atoms with Gasteiger partial charge in [-0.05, 0) is 122 Å². The first kappa shape index (κ1) is 30.7. The van der Waals surface area contributed by atoms with Crippen molar-refractivity contribution in [3.63, 3.8) is 0 Å². The lowest BCUT2D eigenvalue weighted by molar-refractivity contribution is -0.111. The fourth-order valence-corrected chi connectivity index (χ4v) is 9.58. The number of rotatable bonds is 11. The highest BCUT2D eigenvalue weighted by Gasteiger charge is 2.56. The molecule has 0 aromatic heterocycles. The zero-order valence-electron chi connectivity index (χ0n) is 27.8. The van der Waals surface area contributed by atoms with Gasteiger partial charge in [-0.25, -0.2) is 0 Å². The van der Waals surface area contributed by atoms with Gasteiger partial charge in [0.05, 0.1) is 0 Å². The van der Waals surface area contributed by atoms with Crippen molar-refractivity contribution < 1.29 is 0 Å². The Morgan fingerprint density at radius 2 is 1.15 bits per heavy atom. The van der Waals surface area contributed by atoms with Gasteiger partial charge in [0.25, 0.3) is 0 Å². The highest BCUT2D eigenvalue weighted by atomic mass is 15.3. The molecule has 41 heavy (non-hydrogen) atoms. The molecule has 2 unspecified atom stereocenters. The third-order valence-electron chi connectivity index (χ3n) is 14.1. The zero-order chi connectivity index (χ0) is 29.0. The predicted octanol–water partition coefficient (Wildman–Crippen LogP) is 2.97. The lowest BCUT2D eigenvalue weighted by Crippen LogP contribution is -2.73. The van der Waals surface area contributed by atoms with Crippen LogP contribution in [0.5, 0.6) is 0 Å². The van der Waals surface area contributed by atoms with Gasteiger partial charge < -0.3 is 21.3 Å². The summed E-state index contributed by atoms with van der Waals surface area (Å²) in [5.41, 5.74) is 2.12. The van der Waals surface area contributed by atoms with Gasteiger partial charge in [-0.3, -0.25) is 14.7 Å². The first-order valence-electron chi connectivity index (χ1n) is 17.5. The van der Waals surface area contributed by atoms with Crippen LogP contribution in [0.25, 0.3) is 0 Å². The molecule has 0 amide bonds. The maximum Gasteiger partial charge on any atom is 0.0364 e. The molecule has 6 aliphatic rings. The van der Waals surface area contributed by atoms with E-state index in [0.717, 1.165) is 19.0 Å². The number of nitrogens with one attached hydrogen (secondary N) is 4. The summed E-state index contributed by atoms with van der Waals surface area (Å²) in [4.78, 5) is 8.80. The predicted molar refractivity (Wildman–Crippen MR) is 172 cm³/mol. The van der Waals surface area contributed by atoms with E-state index in [9.17, 15) is 0 Å². The molecule has 7 nitrogen and oxygen atoms in total. The minimum absolute atomic E-state index is 0.153. The van der Waals surface area contributed by atoms with Crippen molar-refractivity contribution in [2.75, 3.05) is 91.6 Å². The number of nitrogens with zero attached hydrogens (tertiary/aromatic N) is 3. The van der Waals surface area contributed by atoms with Crippen molar-refractivity contribution >= 4 is 0 Å². The van der Waals surface area contributed by atoms with Crippen LogP contribution in [-0.4, -0.2) is 123 Å². The van der Waals surface area contributed by atoms with Crippen LogP contribution in [0.15, 0.2) is 0 Å². The maximum atomic E-state index is 3.68. The number of piperidine rings is 1. The summed E-state index contributed by atoms with van der Waals surface area (Å²) in [5.74, 6) is 0.825. The maximum absolute atomic E-state index is 3.68. The Kier molecular flexibility index (Phi) is 8.44. The van der Waals surface area contributed by atoms with Crippen molar-refractivity contribution in [2.45, 2.75) is 103 Å². The van der Waals surface area contributed by atoms with E-state index in [4.69, 9.17) is 0 Å². The minimum Gasteiger partial charge on any atom is -0.316 e. The van der Waals surface area contributed by atoms with Crippen molar-refractivity contribution in [3.8, 4) is 0 Å². The molecule has 4 N–H and O–H groups in total. The molecule has 2 spiro atoms. The van der Waals surface area contributed by atoms with Gasteiger partial charge >= 0.3 is 0 Å². The van der Waals surface area contributed by atoms with Crippen molar-refractivity contribution in [3.05, 3.63) is 0 Å². The van der Waals surface area contributed by atoms with Crippen LogP contribution >= 0.6 is 0 Å².